The lowest BCUT2D eigenvalue weighted by atomic mass is 10.0. The van der Waals surface area contributed by atoms with Crippen LogP contribution >= 0.6 is 0 Å². The molecule has 2 amide bonds. The zero-order valence-electron chi connectivity index (χ0n) is 15.7. The lowest BCUT2D eigenvalue weighted by Gasteiger charge is -2.19. The lowest BCUT2D eigenvalue weighted by Crippen LogP contribution is -2.48. The molecule has 3 aromatic carbocycles. The minimum Gasteiger partial charge on any atom is -0.354 e. The van der Waals surface area contributed by atoms with Crippen LogP contribution in [0.2, 0.25) is 0 Å². The van der Waals surface area contributed by atoms with Gasteiger partial charge in [-0.25, -0.2) is 0 Å². The predicted molar refractivity (Wildman–Crippen MR) is 111 cm³/mol. The predicted octanol–water partition coefficient (Wildman–Crippen LogP) is 3.39. The smallest absolute Gasteiger partial charge is 0.251 e. The highest BCUT2D eigenvalue weighted by Crippen LogP contribution is 2.06. The summed E-state index contributed by atoms with van der Waals surface area (Å²) in [6.07, 6.45) is 1.19. The van der Waals surface area contributed by atoms with Gasteiger partial charge < -0.3 is 10.6 Å². The first-order valence-electron chi connectivity index (χ1n) is 9.44. The van der Waals surface area contributed by atoms with Gasteiger partial charge in [0.25, 0.3) is 5.91 Å². The third kappa shape index (κ3) is 5.81. The van der Waals surface area contributed by atoms with E-state index >= 15 is 0 Å². The average Bonchev–Trinajstić information content (AvgIpc) is 2.75. The summed E-state index contributed by atoms with van der Waals surface area (Å²) in [6.45, 7) is 0.523. The Kier molecular flexibility index (Phi) is 6.96. The fourth-order valence-corrected chi connectivity index (χ4v) is 2.99. The van der Waals surface area contributed by atoms with Crippen molar-refractivity contribution < 1.29 is 9.59 Å². The summed E-state index contributed by atoms with van der Waals surface area (Å²) in [5.74, 6) is -0.427. The molecule has 4 heteroatoms. The minimum absolute atomic E-state index is 0.177. The van der Waals surface area contributed by atoms with Crippen LogP contribution in [0.5, 0.6) is 0 Å². The molecule has 0 aliphatic rings. The van der Waals surface area contributed by atoms with Crippen LogP contribution in [-0.2, 0) is 17.6 Å². The molecule has 3 rings (SSSR count). The van der Waals surface area contributed by atoms with E-state index in [1.807, 2.05) is 66.7 Å². The molecule has 0 aromatic heterocycles. The summed E-state index contributed by atoms with van der Waals surface area (Å²) >= 11 is 0. The van der Waals surface area contributed by atoms with Crippen LogP contribution in [0.25, 0.3) is 0 Å². The monoisotopic (exact) mass is 372 g/mol. The molecule has 0 radical (unpaired) electrons. The molecule has 0 saturated carbocycles. The van der Waals surface area contributed by atoms with Gasteiger partial charge in [0, 0.05) is 18.5 Å². The van der Waals surface area contributed by atoms with E-state index in [1.165, 1.54) is 0 Å². The topological polar surface area (TPSA) is 58.2 Å². The molecule has 2 N–H and O–H groups in total. The van der Waals surface area contributed by atoms with Crippen LogP contribution in [0.3, 0.4) is 0 Å². The first-order valence-corrected chi connectivity index (χ1v) is 9.44. The highest BCUT2D eigenvalue weighted by molar-refractivity contribution is 5.97. The molecule has 0 spiro atoms. The van der Waals surface area contributed by atoms with Crippen molar-refractivity contribution in [2.45, 2.75) is 18.9 Å². The van der Waals surface area contributed by atoms with Crippen LogP contribution in [0, 0.1) is 0 Å². The van der Waals surface area contributed by atoms with E-state index in [4.69, 9.17) is 0 Å². The van der Waals surface area contributed by atoms with Crippen molar-refractivity contribution in [1.29, 1.82) is 0 Å². The number of carbonyl (C=O) groups excluding carboxylic acids is 2. The van der Waals surface area contributed by atoms with E-state index in [-0.39, 0.29) is 11.8 Å². The van der Waals surface area contributed by atoms with E-state index in [2.05, 4.69) is 10.6 Å². The van der Waals surface area contributed by atoms with E-state index in [0.717, 1.165) is 17.5 Å². The summed E-state index contributed by atoms with van der Waals surface area (Å²) in [4.78, 5) is 25.3. The van der Waals surface area contributed by atoms with Crippen LogP contribution in [-0.4, -0.2) is 24.4 Å². The summed E-state index contributed by atoms with van der Waals surface area (Å²) in [6, 6.07) is 28.0. The van der Waals surface area contributed by atoms with Crippen molar-refractivity contribution in [2.24, 2.45) is 0 Å². The van der Waals surface area contributed by atoms with E-state index in [0.29, 0.717) is 18.5 Å². The molecule has 28 heavy (non-hydrogen) atoms. The molecule has 1 atom stereocenters. The molecular weight excluding hydrogens is 348 g/mol. The first-order chi connectivity index (χ1) is 13.7. The Bertz CT molecular complexity index is 880. The van der Waals surface area contributed by atoms with Crippen LogP contribution in [0.1, 0.15) is 21.5 Å². The Labute approximate surface area is 165 Å². The number of nitrogens with one attached hydrogen (secondary N) is 2. The van der Waals surface area contributed by atoms with Gasteiger partial charge in [-0.15, -0.1) is 0 Å². The number of amides is 2. The van der Waals surface area contributed by atoms with Crippen molar-refractivity contribution in [3.63, 3.8) is 0 Å². The van der Waals surface area contributed by atoms with Gasteiger partial charge in [0.1, 0.15) is 6.04 Å². The number of hydrogen-bond acceptors (Lipinski definition) is 2. The maximum atomic E-state index is 12.8. The number of benzene rings is 3. The molecule has 0 fully saturated rings. The van der Waals surface area contributed by atoms with Gasteiger partial charge in [-0.3, -0.25) is 9.59 Å². The highest BCUT2D eigenvalue weighted by atomic mass is 16.2. The molecule has 0 bridgehead atoms. The SMILES string of the molecule is O=C(NC(Cc1ccccc1)C(=O)NCCc1ccccc1)c1ccccc1. The van der Waals surface area contributed by atoms with E-state index < -0.39 is 6.04 Å². The van der Waals surface area contributed by atoms with Crippen LogP contribution in [0.4, 0.5) is 0 Å². The van der Waals surface area contributed by atoms with Crippen molar-refractivity contribution >= 4 is 11.8 Å². The van der Waals surface area contributed by atoms with Crippen LogP contribution in [0.15, 0.2) is 91.0 Å². The first kappa shape index (κ1) is 19.4. The minimum atomic E-state index is -0.633. The molecule has 0 aliphatic heterocycles. The molecule has 4 nitrogen and oxygen atoms in total. The molecule has 0 aliphatic carbocycles. The van der Waals surface area contributed by atoms with Crippen molar-refractivity contribution in [2.75, 3.05) is 6.54 Å². The molecule has 142 valence electrons. The second-order valence-corrected chi connectivity index (χ2v) is 6.61. The Morgan fingerprint density at radius 2 is 1.25 bits per heavy atom. The van der Waals surface area contributed by atoms with Crippen molar-refractivity contribution in [3.05, 3.63) is 108 Å². The second-order valence-electron chi connectivity index (χ2n) is 6.61. The summed E-state index contributed by atoms with van der Waals surface area (Å²) < 4.78 is 0. The maximum absolute atomic E-state index is 12.8. The van der Waals surface area contributed by atoms with Crippen LogP contribution < -0.4 is 10.6 Å². The molecule has 3 aromatic rings. The molecular formula is C24H24N2O2. The number of hydrogen-bond donors (Lipinski definition) is 2. The molecule has 0 heterocycles. The van der Waals surface area contributed by atoms with Gasteiger partial charge in [0.05, 0.1) is 0 Å². The summed E-state index contributed by atoms with van der Waals surface area (Å²) in [5, 5.41) is 5.83. The summed E-state index contributed by atoms with van der Waals surface area (Å²) in [5.41, 5.74) is 2.70. The summed E-state index contributed by atoms with van der Waals surface area (Å²) in [7, 11) is 0. The van der Waals surface area contributed by atoms with Gasteiger partial charge in [-0.05, 0) is 29.7 Å². The fourth-order valence-electron chi connectivity index (χ4n) is 2.99. The van der Waals surface area contributed by atoms with Crippen molar-refractivity contribution in [1.82, 2.24) is 10.6 Å². The van der Waals surface area contributed by atoms with E-state index in [9.17, 15) is 9.59 Å². The third-order valence-electron chi connectivity index (χ3n) is 4.50. The Balaban J connectivity index is 1.64. The Hall–Kier alpha value is -3.40. The zero-order chi connectivity index (χ0) is 19.6. The van der Waals surface area contributed by atoms with E-state index in [1.54, 1.807) is 24.3 Å². The number of rotatable bonds is 8. The fraction of sp³-hybridized carbons (Fsp3) is 0.167. The highest BCUT2D eigenvalue weighted by Gasteiger charge is 2.21. The Morgan fingerprint density at radius 3 is 1.86 bits per heavy atom. The standard InChI is InChI=1S/C24H24N2O2/c27-23(21-14-8-3-9-15-21)26-22(18-20-12-6-2-7-13-20)24(28)25-17-16-19-10-4-1-5-11-19/h1-15,22H,16-18H2,(H,25,28)(H,26,27). The quantitative estimate of drug-likeness (QED) is 0.637. The van der Waals surface area contributed by atoms with Gasteiger partial charge in [-0.2, -0.15) is 0 Å². The number of carbonyl (C=O) groups is 2. The third-order valence-corrected chi connectivity index (χ3v) is 4.50. The van der Waals surface area contributed by atoms with Crippen molar-refractivity contribution in [3.8, 4) is 0 Å². The lowest BCUT2D eigenvalue weighted by molar-refractivity contribution is -0.122. The zero-order valence-corrected chi connectivity index (χ0v) is 15.7. The van der Waals surface area contributed by atoms with Gasteiger partial charge in [0.15, 0.2) is 0 Å². The van der Waals surface area contributed by atoms with Gasteiger partial charge >= 0.3 is 0 Å². The van der Waals surface area contributed by atoms with Gasteiger partial charge in [0.2, 0.25) is 5.91 Å². The average molecular weight is 372 g/mol. The second kappa shape index (κ2) is 10.1. The van der Waals surface area contributed by atoms with Gasteiger partial charge in [-0.1, -0.05) is 78.9 Å². The molecule has 1 unspecified atom stereocenters. The Morgan fingerprint density at radius 1 is 0.714 bits per heavy atom. The largest absolute Gasteiger partial charge is 0.354 e. The maximum Gasteiger partial charge on any atom is 0.251 e. The molecule has 0 saturated heterocycles. The normalized spacial score (nSPS) is 11.4.